The van der Waals surface area contributed by atoms with Crippen molar-refractivity contribution in [2.45, 2.75) is 13.8 Å². The number of carbonyl (C=O) groups excluding carboxylic acids is 1. The standard InChI is InChI=1S/C9H15N3O/c1-6(2)4-12-9(13)8-3-7(10)5-11-8/h3,5-6,11H,4,10H2,1-2H3,(H,12,13). The summed E-state index contributed by atoms with van der Waals surface area (Å²) in [5.74, 6) is 0.349. The second-order valence-electron chi connectivity index (χ2n) is 3.45. The maximum Gasteiger partial charge on any atom is 0.267 e. The Morgan fingerprint density at radius 1 is 1.69 bits per heavy atom. The van der Waals surface area contributed by atoms with Crippen LogP contribution in [0.4, 0.5) is 5.69 Å². The number of carbonyl (C=O) groups is 1. The maximum atomic E-state index is 11.4. The second kappa shape index (κ2) is 3.98. The number of anilines is 1. The third-order valence-corrected chi connectivity index (χ3v) is 1.62. The number of nitrogens with one attached hydrogen (secondary N) is 2. The van der Waals surface area contributed by atoms with E-state index in [-0.39, 0.29) is 5.91 Å². The van der Waals surface area contributed by atoms with Crippen molar-refractivity contribution >= 4 is 11.6 Å². The van der Waals surface area contributed by atoms with Crippen molar-refractivity contribution in [3.8, 4) is 0 Å². The van der Waals surface area contributed by atoms with Crippen LogP contribution in [0.25, 0.3) is 0 Å². The monoisotopic (exact) mass is 181 g/mol. The Morgan fingerprint density at radius 3 is 2.85 bits per heavy atom. The molecule has 0 bridgehead atoms. The Labute approximate surface area is 77.5 Å². The lowest BCUT2D eigenvalue weighted by Gasteiger charge is -2.05. The van der Waals surface area contributed by atoms with Gasteiger partial charge >= 0.3 is 0 Å². The number of hydrogen-bond donors (Lipinski definition) is 3. The summed E-state index contributed by atoms with van der Waals surface area (Å²) in [5.41, 5.74) is 6.55. The van der Waals surface area contributed by atoms with Gasteiger partial charge < -0.3 is 16.0 Å². The molecule has 0 fully saturated rings. The van der Waals surface area contributed by atoms with Crippen LogP contribution in [0.1, 0.15) is 24.3 Å². The Bertz CT molecular complexity index is 291. The molecule has 0 spiro atoms. The minimum Gasteiger partial charge on any atom is -0.397 e. The Balaban J connectivity index is 2.49. The fourth-order valence-electron chi connectivity index (χ4n) is 0.934. The number of hydrogen-bond acceptors (Lipinski definition) is 2. The molecular formula is C9H15N3O. The fraction of sp³-hybridized carbons (Fsp3) is 0.444. The molecule has 72 valence electrons. The van der Waals surface area contributed by atoms with Crippen molar-refractivity contribution < 1.29 is 4.79 Å². The zero-order chi connectivity index (χ0) is 9.84. The van der Waals surface area contributed by atoms with Crippen molar-refractivity contribution in [2.24, 2.45) is 5.92 Å². The molecule has 0 aliphatic carbocycles. The first kappa shape index (κ1) is 9.64. The average molecular weight is 181 g/mol. The fourth-order valence-corrected chi connectivity index (χ4v) is 0.934. The number of aromatic amines is 1. The summed E-state index contributed by atoms with van der Waals surface area (Å²) in [4.78, 5) is 14.2. The van der Waals surface area contributed by atoms with E-state index < -0.39 is 0 Å². The predicted octanol–water partition coefficient (Wildman–Crippen LogP) is 0.983. The average Bonchev–Trinajstić information content (AvgIpc) is 2.47. The number of rotatable bonds is 3. The Hall–Kier alpha value is -1.45. The van der Waals surface area contributed by atoms with Gasteiger partial charge in [0.15, 0.2) is 0 Å². The van der Waals surface area contributed by atoms with E-state index >= 15 is 0 Å². The van der Waals surface area contributed by atoms with Crippen LogP contribution in [0.2, 0.25) is 0 Å². The van der Waals surface area contributed by atoms with E-state index in [9.17, 15) is 4.79 Å². The van der Waals surface area contributed by atoms with Crippen LogP contribution in [0.5, 0.6) is 0 Å². The molecule has 13 heavy (non-hydrogen) atoms. The Kier molecular flexibility index (Phi) is 2.95. The molecule has 0 saturated heterocycles. The van der Waals surface area contributed by atoms with Crippen LogP contribution in [0, 0.1) is 5.92 Å². The van der Waals surface area contributed by atoms with Gasteiger partial charge in [0, 0.05) is 18.4 Å². The highest BCUT2D eigenvalue weighted by Crippen LogP contribution is 2.04. The molecule has 1 aromatic rings. The summed E-state index contributed by atoms with van der Waals surface area (Å²) in [5, 5.41) is 2.79. The molecule has 0 atom stereocenters. The molecule has 4 heteroatoms. The maximum absolute atomic E-state index is 11.4. The molecule has 0 aliphatic rings. The number of nitrogen functional groups attached to an aromatic ring is 1. The molecule has 1 heterocycles. The van der Waals surface area contributed by atoms with Crippen LogP contribution < -0.4 is 11.1 Å². The van der Waals surface area contributed by atoms with Gasteiger partial charge in [0.2, 0.25) is 0 Å². The van der Waals surface area contributed by atoms with Crippen molar-refractivity contribution in [1.82, 2.24) is 10.3 Å². The first-order valence-electron chi connectivity index (χ1n) is 4.31. The minimum atomic E-state index is -0.106. The first-order chi connectivity index (χ1) is 6.09. The highest BCUT2D eigenvalue weighted by Gasteiger charge is 2.06. The number of amides is 1. The summed E-state index contributed by atoms with van der Waals surface area (Å²) in [7, 11) is 0. The summed E-state index contributed by atoms with van der Waals surface area (Å²) in [6.07, 6.45) is 1.60. The van der Waals surface area contributed by atoms with E-state index in [1.165, 1.54) is 0 Å². The lowest BCUT2D eigenvalue weighted by Crippen LogP contribution is -2.27. The van der Waals surface area contributed by atoms with Crippen LogP contribution in [-0.4, -0.2) is 17.4 Å². The van der Waals surface area contributed by atoms with Gasteiger partial charge in [-0.2, -0.15) is 0 Å². The predicted molar refractivity (Wildman–Crippen MR) is 52.4 cm³/mol. The highest BCUT2D eigenvalue weighted by atomic mass is 16.1. The molecular weight excluding hydrogens is 166 g/mol. The molecule has 1 aromatic heterocycles. The summed E-state index contributed by atoms with van der Waals surface area (Å²) < 4.78 is 0. The molecule has 1 amide bonds. The largest absolute Gasteiger partial charge is 0.397 e. The summed E-state index contributed by atoms with van der Waals surface area (Å²) in [6.45, 7) is 4.77. The van der Waals surface area contributed by atoms with Crippen LogP contribution >= 0.6 is 0 Å². The lowest BCUT2D eigenvalue weighted by molar-refractivity contribution is 0.0944. The summed E-state index contributed by atoms with van der Waals surface area (Å²) in [6, 6.07) is 1.62. The number of H-pyrrole nitrogens is 1. The molecule has 0 unspecified atom stereocenters. The minimum absolute atomic E-state index is 0.106. The van der Waals surface area contributed by atoms with Gasteiger partial charge in [0.05, 0.1) is 0 Å². The second-order valence-corrected chi connectivity index (χ2v) is 3.45. The van der Waals surface area contributed by atoms with Gasteiger partial charge in [-0.15, -0.1) is 0 Å². The molecule has 0 aliphatic heterocycles. The lowest BCUT2D eigenvalue weighted by atomic mass is 10.2. The molecule has 0 radical (unpaired) electrons. The Morgan fingerprint density at radius 2 is 2.38 bits per heavy atom. The highest BCUT2D eigenvalue weighted by molar-refractivity contribution is 5.93. The normalized spacial score (nSPS) is 10.4. The van der Waals surface area contributed by atoms with Crippen molar-refractivity contribution in [3.05, 3.63) is 18.0 Å². The van der Waals surface area contributed by atoms with Gasteiger partial charge in [-0.25, -0.2) is 0 Å². The van der Waals surface area contributed by atoms with Gasteiger partial charge in [0.1, 0.15) is 5.69 Å². The van der Waals surface area contributed by atoms with Crippen molar-refractivity contribution in [1.29, 1.82) is 0 Å². The number of aromatic nitrogens is 1. The van der Waals surface area contributed by atoms with Gasteiger partial charge in [-0.05, 0) is 12.0 Å². The van der Waals surface area contributed by atoms with E-state index in [2.05, 4.69) is 10.3 Å². The van der Waals surface area contributed by atoms with Gasteiger partial charge in [-0.1, -0.05) is 13.8 Å². The van der Waals surface area contributed by atoms with Crippen molar-refractivity contribution in [2.75, 3.05) is 12.3 Å². The van der Waals surface area contributed by atoms with E-state index in [1.54, 1.807) is 12.3 Å². The molecule has 0 saturated carbocycles. The van der Waals surface area contributed by atoms with Gasteiger partial charge in [-0.3, -0.25) is 4.79 Å². The molecule has 4 nitrogen and oxygen atoms in total. The van der Waals surface area contributed by atoms with Crippen LogP contribution in [-0.2, 0) is 0 Å². The van der Waals surface area contributed by atoms with Crippen LogP contribution in [0.15, 0.2) is 12.3 Å². The topological polar surface area (TPSA) is 70.9 Å². The summed E-state index contributed by atoms with van der Waals surface area (Å²) >= 11 is 0. The first-order valence-corrected chi connectivity index (χ1v) is 4.31. The zero-order valence-electron chi connectivity index (χ0n) is 7.92. The smallest absolute Gasteiger partial charge is 0.267 e. The van der Waals surface area contributed by atoms with E-state index in [0.29, 0.717) is 23.8 Å². The van der Waals surface area contributed by atoms with Crippen molar-refractivity contribution in [3.63, 3.8) is 0 Å². The van der Waals surface area contributed by atoms with E-state index in [4.69, 9.17) is 5.73 Å². The van der Waals surface area contributed by atoms with Gasteiger partial charge in [0.25, 0.3) is 5.91 Å². The SMILES string of the molecule is CC(C)CNC(=O)c1cc(N)c[nH]1. The van der Waals surface area contributed by atoms with E-state index in [1.807, 2.05) is 13.8 Å². The molecule has 1 rings (SSSR count). The third kappa shape index (κ3) is 2.82. The van der Waals surface area contributed by atoms with E-state index in [0.717, 1.165) is 0 Å². The molecule has 0 aromatic carbocycles. The molecule has 4 N–H and O–H groups in total. The number of nitrogens with two attached hydrogens (primary N) is 1. The third-order valence-electron chi connectivity index (χ3n) is 1.62. The van der Waals surface area contributed by atoms with Crippen LogP contribution in [0.3, 0.4) is 0 Å². The quantitative estimate of drug-likeness (QED) is 0.650. The zero-order valence-corrected chi connectivity index (χ0v) is 7.92.